The summed E-state index contributed by atoms with van der Waals surface area (Å²) >= 11 is 14.7. The van der Waals surface area contributed by atoms with Crippen LogP contribution >= 0.6 is 45.9 Å². The van der Waals surface area contributed by atoms with Gasteiger partial charge in [0.2, 0.25) is 5.13 Å². The minimum absolute atomic E-state index is 0.336. The number of thiazole rings is 1. The van der Waals surface area contributed by atoms with Gasteiger partial charge in [-0.2, -0.15) is 9.78 Å². The zero-order valence-electron chi connectivity index (χ0n) is 14.6. The molecule has 0 aliphatic carbocycles. The summed E-state index contributed by atoms with van der Waals surface area (Å²) in [6.07, 6.45) is 0. The number of hydrogen-bond donors (Lipinski definition) is 1. The first-order chi connectivity index (χ1) is 12.8. The standard InChI is InChI=1S/C18H14Cl2N4OS2/c1-8-4-9(2)15-12(5-8)26-18(22-15)24-14(6-10(3)23-24)21-17(25)11-7-13(19)27-16(11)20/h4-7H,1-3H3,(H,21,25). The molecule has 0 fully saturated rings. The summed E-state index contributed by atoms with van der Waals surface area (Å²) in [6, 6.07) is 7.56. The molecule has 3 aromatic heterocycles. The molecule has 5 nitrogen and oxygen atoms in total. The molecule has 0 radical (unpaired) electrons. The Morgan fingerprint density at radius 3 is 2.59 bits per heavy atom. The van der Waals surface area contributed by atoms with Crippen molar-refractivity contribution in [3.8, 4) is 5.13 Å². The van der Waals surface area contributed by atoms with E-state index in [4.69, 9.17) is 28.2 Å². The Kier molecular flexibility index (Phi) is 4.71. The smallest absolute Gasteiger partial charge is 0.259 e. The van der Waals surface area contributed by atoms with E-state index in [0.29, 0.717) is 25.2 Å². The SMILES string of the molecule is Cc1cc(C)c2nc(-n3nc(C)cc3NC(=O)c3cc(Cl)sc3Cl)sc2c1. The number of anilines is 1. The molecule has 3 heterocycles. The lowest BCUT2D eigenvalue weighted by molar-refractivity contribution is 0.102. The number of amides is 1. The lowest BCUT2D eigenvalue weighted by atomic mass is 10.1. The highest BCUT2D eigenvalue weighted by Crippen LogP contribution is 2.33. The Morgan fingerprint density at radius 2 is 1.89 bits per heavy atom. The molecule has 0 bridgehead atoms. The minimum atomic E-state index is -0.336. The quantitative estimate of drug-likeness (QED) is 0.426. The van der Waals surface area contributed by atoms with Crippen LogP contribution in [0.3, 0.4) is 0 Å². The third-order valence-electron chi connectivity index (χ3n) is 3.97. The third-order valence-corrected chi connectivity index (χ3v) is 6.44. The van der Waals surface area contributed by atoms with Crippen LogP contribution in [0.15, 0.2) is 24.3 Å². The number of aryl methyl sites for hydroxylation is 3. The summed E-state index contributed by atoms with van der Waals surface area (Å²) in [5.74, 6) is 0.196. The molecule has 4 rings (SSSR count). The van der Waals surface area contributed by atoms with Crippen molar-refractivity contribution in [3.63, 3.8) is 0 Å². The van der Waals surface area contributed by atoms with Gasteiger partial charge in [-0.1, -0.05) is 40.6 Å². The lowest BCUT2D eigenvalue weighted by Gasteiger charge is -2.05. The van der Waals surface area contributed by atoms with Crippen LogP contribution in [-0.4, -0.2) is 20.7 Å². The first-order valence-electron chi connectivity index (χ1n) is 8.03. The average molecular weight is 437 g/mol. The summed E-state index contributed by atoms with van der Waals surface area (Å²) in [5.41, 5.74) is 4.35. The maximum atomic E-state index is 12.6. The second-order valence-electron chi connectivity index (χ2n) is 6.20. The largest absolute Gasteiger partial charge is 0.306 e. The number of nitrogens with one attached hydrogen (secondary N) is 1. The molecular formula is C18H14Cl2N4OS2. The van der Waals surface area contributed by atoms with Gasteiger partial charge in [-0.3, -0.25) is 4.79 Å². The van der Waals surface area contributed by atoms with Crippen molar-refractivity contribution in [3.05, 3.63) is 55.3 Å². The average Bonchev–Trinajstić information content (AvgIpc) is 3.24. The van der Waals surface area contributed by atoms with Gasteiger partial charge in [0.25, 0.3) is 5.91 Å². The van der Waals surface area contributed by atoms with E-state index >= 15 is 0 Å². The number of benzene rings is 1. The van der Waals surface area contributed by atoms with Crippen molar-refractivity contribution in [2.24, 2.45) is 0 Å². The van der Waals surface area contributed by atoms with Crippen molar-refractivity contribution in [2.45, 2.75) is 20.8 Å². The highest BCUT2D eigenvalue weighted by atomic mass is 35.5. The van der Waals surface area contributed by atoms with E-state index in [9.17, 15) is 4.79 Å². The van der Waals surface area contributed by atoms with Crippen LogP contribution in [0, 0.1) is 20.8 Å². The molecule has 0 saturated carbocycles. The van der Waals surface area contributed by atoms with E-state index in [1.165, 1.54) is 16.9 Å². The first kappa shape index (κ1) is 18.4. The Labute approximate surface area is 173 Å². The van der Waals surface area contributed by atoms with Gasteiger partial charge in [0.15, 0.2) is 0 Å². The van der Waals surface area contributed by atoms with E-state index in [-0.39, 0.29) is 5.91 Å². The Morgan fingerprint density at radius 1 is 1.11 bits per heavy atom. The summed E-state index contributed by atoms with van der Waals surface area (Å²) in [6.45, 7) is 5.97. The molecule has 0 aliphatic rings. The van der Waals surface area contributed by atoms with Crippen LogP contribution in [-0.2, 0) is 0 Å². The van der Waals surface area contributed by atoms with Crippen molar-refractivity contribution >= 4 is 67.8 Å². The summed E-state index contributed by atoms with van der Waals surface area (Å²) in [7, 11) is 0. The predicted octanol–water partition coefficient (Wildman–Crippen LogP) is 6.03. The molecule has 1 amide bonds. The van der Waals surface area contributed by atoms with Gasteiger partial charge in [-0.25, -0.2) is 4.98 Å². The number of nitrogens with zero attached hydrogens (tertiary/aromatic N) is 3. The van der Waals surface area contributed by atoms with Gasteiger partial charge in [-0.15, -0.1) is 11.3 Å². The number of hydrogen-bond acceptors (Lipinski definition) is 5. The van der Waals surface area contributed by atoms with E-state index in [0.717, 1.165) is 32.8 Å². The van der Waals surface area contributed by atoms with E-state index in [1.807, 2.05) is 13.8 Å². The lowest BCUT2D eigenvalue weighted by Crippen LogP contribution is -2.14. The second kappa shape index (κ2) is 6.91. The van der Waals surface area contributed by atoms with Crippen molar-refractivity contribution in [1.82, 2.24) is 14.8 Å². The van der Waals surface area contributed by atoms with Gasteiger partial charge in [0.05, 0.1) is 25.8 Å². The topological polar surface area (TPSA) is 59.8 Å². The Bertz CT molecular complexity index is 1190. The van der Waals surface area contributed by atoms with Gasteiger partial charge >= 0.3 is 0 Å². The molecule has 0 spiro atoms. The second-order valence-corrected chi connectivity index (χ2v) is 9.49. The van der Waals surface area contributed by atoms with Crippen LogP contribution in [0.25, 0.3) is 15.3 Å². The van der Waals surface area contributed by atoms with Crippen molar-refractivity contribution in [1.29, 1.82) is 0 Å². The highest BCUT2D eigenvalue weighted by Gasteiger charge is 2.19. The van der Waals surface area contributed by atoms with Crippen LogP contribution < -0.4 is 5.32 Å². The molecule has 0 atom stereocenters. The van der Waals surface area contributed by atoms with E-state index in [2.05, 4.69) is 29.5 Å². The molecule has 4 aromatic rings. The van der Waals surface area contributed by atoms with Crippen LogP contribution in [0.2, 0.25) is 8.67 Å². The summed E-state index contributed by atoms with van der Waals surface area (Å²) < 4.78 is 3.55. The van der Waals surface area contributed by atoms with Crippen molar-refractivity contribution < 1.29 is 4.79 Å². The number of halogens is 2. The molecule has 27 heavy (non-hydrogen) atoms. The molecule has 9 heteroatoms. The zero-order valence-corrected chi connectivity index (χ0v) is 17.8. The number of thiophene rings is 1. The molecular weight excluding hydrogens is 423 g/mol. The zero-order chi connectivity index (χ0) is 19.3. The molecule has 138 valence electrons. The molecule has 0 saturated heterocycles. The van der Waals surface area contributed by atoms with E-state index in [1.54, 1.807) is 16.8 Å². The molecule has 0 aliphatic heterocycles. The molecule has 1 aromatic carbocycles. The molecule has 1 N–H and O–H groups in total. The molecule has 0 unspecified atom stereocenters. The highest BCUT2D eigenvalue weighted by molar-refractivity contribution is 7.21. The minimum Gasteiger partial charge on any atom is -0.306 e. The fourth-order valence-corrected chi connectivity index (χ4v) is 5.43. The van der Waals surface area contributed by atoms with E-state index < -0.39 is 0 Å². The maximum absolute atomic E-state index is 12.6. The third kappa shape index (κ3) is 3.48. The first-order valence-corrected chi connectivity index (χ1v) is 10.4. The number of rotatable bonds is 3. The number of carbonyl (C=O) groups excluding carboxylic acids is 1. The predicted molar refractivity (Wildman–Crippen MR) is 113 cm³/mol. The van der Waals surface area contributed by atoms with Gasteiger partial charge in [0.1, 0.15) is 10.2 Å². The van der Waals surface area contributed by atoms with Crippen molar-refractivity contribution in [2.75, 3.05) is 5.32 Å². The van der Waals surface area contributed by atoms with Gasteiger partial charge in [0, 0.05) is 6.07 Å². The summed E-state index contributed by atoms with van der Waals surface area (Å²) in [4.78, 5) is 17.3. The van der Waals surface area contributed by atoms with Crippen LogP contribution in [0.5, 0.6) is 0 Å². The fourth-order valence-electron chi connectivity index (χ4n) is 2.86. The monoisotopic (exact) mass is 436 g/mol. The number of carbonyl (C=O) groups is 1. The van der Waals surface area contributed by atoms with Gasteiger partial charge in [-0.05, 0) is 44.0 Å². The van der Waals surface area contributed by atoms with Crippen LogP contribution in [0.1, 0.15) is 27.2 Å². The number of aromatic nitrogens is 3. The van der Waals surface area contributed by atoms with Crippen LogP contribution in [0.4, 0.5) is 5.82 Å². The maximum Gasteiger partial charge on any atom is 0.259 e. The Hall–Kier alpha value is -1.93. The van der Waals surface area contributed by atoms with Gasteiger partial charge < -0.3 is 5.32 Å². The normalized spacial score (nSPS) is 11.3. The number of fused-ring (bicyclic) bond motifs is 1. The fraction of sp³-hybridized carbons (Fsp3) is 0.167. The summed E-state index contributed by atoms with van der Waals surface area (Å²) in [5, 5.41) is 8.05. The Balaban J connectivity index is 1.74.